The molecule has 0 spiro atoms. The highest BCUT2D eigenvalue weighted by molar-refractivity contribution is 5.41. The van der Waals surface area contributed by atoms with Crippen molar-refractivity contribution in [2.24, 2.45) is 0 Å². The highest BCUT2D eigenvalue weighted by Gasteiger charge is 2.25. The molecule has 1 aliphatic rings. The molecular formula is C16H23FN6. The van der Waals surface area contributed by atoms with Gasteiger partial charge in [-0.2, -0.15) is 0 Å². The largest absolute Gasteiger partial charge is 0.353 e. The average Bonchev–Trinajstić information content (AvgIpc) is 3.14. The molecule has 6 nitrogen and oxygen atoms in total. The SMILES string of the molecule is CC(C)(C)n1cc(CNC2CCN(c3ncccc3F)C2)nn1. The van der Waals surface area contributed by atoms with E-state index in [1.54, 1.807) is 12.3 Å². The zero-order valence-corrected chi connectivity index (χ0v) is 13.8. The molecular weight excluding hydrogens is 295 g/mol. The fourth-order valence-electron chi connectivity index (χ4n) is 2.69. The van der Waals surface area contributed by atoms with Gasteiger partial charge in [-0.15, -0.1) is 5.10 Å². The summed E-state index contributed by atoms with van der Waals surface area (Å²) in [7, 11) is 0. The Balaban J connectivity index is 1.55. The van der Waals surface area contributed by atoms with Gasteiger partial charge in [-0.25, -0.2) is 14.1 Å². The molecule has 2 aromatic rings. The minimum atomic E-state index is -0.263. The number of hydrogen-bond donors (Lipinski definition) is 1. The maximum atomic E-state index is 13.8. The average molecular weight is 318 g/mol. The van der Waals surface area contributed by atoms with Crippen LogP contribution in [0.25, 0.3) is 0 Å². The van der Waals surface area contributed by atoms with Gasteiger partial charge in [0.1, 0.15) is 0 Å². The third-order valence-electron chi connectivity index (χ3n) is 4.03. The molecule has 1 aliphatic heterocycles. The molecule has 3 rings (SSSR count). The fourth-order valence-corrected chi connectivity index (χ4v) is 2.69. The molecule has 7 heteroatoms. The number of halogens is 1. The topological polar surface area (TPSA) is 58.9 Å². The molecule has 0 aliphatic carbocycles. The van der Waals surface area contributed by atoms with Gasteiger partial charge in [-0.3, -0.25) is 0 Å². The first-order chi connectivity index (χ1) is 10.9. The highest BCUT2D eigenvalue weighted by atomic mass is 19.1. The summed E-state index contributed by atoms with van der Waals surface area (Å²) in [6.45, 7) is 8.50. The van der Waals surface area contributed by atoms with E-state index in [9.17, 15) is 4.39 Å². The number of rotatable bonds is 4. The molecule has 1 saturated heterocycles. The number of anilines is 1. The second-order valence-electron chi connectivity index (χ2n) is 6.95. The lowest BCUT2D eigenvalue weighted by molar-refractivity contribution is 0.347. The number of hydrogen-bond acceptors (Lipinski definition) is 5. The minimum absolute atomic E-state index is 0.0636. The van der Waals surface area contributed by atoms with Crippen LogP contribution in [-0.4, -0.2) is 39.1 Å². The molecule has 1 N–H and O–H groups in total. The lowest BCUT2D eigenvalue weighted by Gasteiger charge is -2.18. The molecule has 1 fully saturated rings. The Morgan fingerprint density at radius 3 is 2.91 bits per heavy atom. The molecule has 124 valence electrons. The lowest BCUT2D eigenvalue weighted by Crippen LogP contribution is -2.32. The van der Waals surface area contributed by atoms with Crippen LogP contribution < -0.4 is 10.2 Å². The summed E-state index contributed by atoms with van der Waals surface area (Å²) in [6, 6.07) is 3.37. The molecule has 2 aromatic heterocycles. The standard InChI is InChI=1S/C16H23FN6/c1-16(2,3)23-11-13(20-21-23)9-19-12-6-8-22(10-12)15-14(17)5-4-7-18-15/h4-5,7,11-12,19H,6,8-10H2,1-3H3. The third kappa shape index (κ3) is 3.67. The van der Waals surface area contributed by atoms with E-state index in [0.29, 0.717) is 18.4 Å². The summed E-state index contributed by atoms with van der Waals surface area (Å²) >= 11 is 0. The predicted molar refractivity (Wildman–Crippen MR) is 86.7 cm³/mol. The third-order valence-corrected chi connectivity index (χ3v) is 4.03. The van der Waals surface area contributed by atoms with E-state index < -0.39 is 0 Å². The number of pyridine rings is 1. The van der Waals surface area contributed by atoms with Crippen LogP contribution in [0.2, 0.25) is 0 Å². The Kier molecular flexibility index (Phi) is 4.30. The van der Waals surface area contributed by atoms with Crippen LogP contribution in [0.1, 0.15) is 32.9 Å². The van der Waals surface area contributed by atoms with Crippen molar-refractivity contribution in [2.75, 3.05) is 18.0 Å². The van der Waals surface area contributed by atoms with Crippen molar-refractivity contribution < 1.29 is 4.39 Å². The Labute approximate surface area is 135 Å². The number of aromatic nitrogens is 4. The van der Waals surface area contributed by atoms with Crippen LogP contribution in [0.4, 0.5) is 10.2 Å². The van der Waals surface area contributed by atoms with Crippen molar-refractivity contribution >= 4 is 5.82 Å². The molecule has 0 aromatic carbocycles. The van der Waals surface area contributed by atoms with E-state index in [4.69, 9.17) is 0 Å². The summed E-state index contributed by atoms with van der Waals surface area (Å²) in [5, 5.41) is 11.8. The molecule has 0 bridgehead atoms. The van der Waals surface area contributed by atoms with Crippen LogP contribution in [0.5, 0.6) is 0 Å². The van der Waals surface area contributed by atoms with Crippen molar-refractivity contribution in [2.45, 2.75) is 45.3 Å². The van der Waals surface area contributed by atoms with Crippen LogP contribution in [-0.2, 0) is 12.1 Å². The summed E-state index contributed by atoms with van der Waals surface area (Å²) in [4.78, 5) is 6.13. The van der Waals surface area contributed by atoms with Crippen LogP contribution in [0.15, 0.2) is 24.5 Å². The molecule has 0 saturated carbocycles. The van der Waals surface area contributed by atoms with Gasteiger partial charge in [-0.1, -0.05) is 5.21 Å². The van der Waals surface area contributed by atoms with Crippen molar-refractivity contribution in [3.8, 4) is 0 Å². The highest BCUT2D eigenvalue weighted by Crippen LogP contribution is 2.21. The first kappa shape index (κ1) is 15.9. The summed E-state index contributed by atoms with van der Waals surface area (Å²) in [6.07, 6.45) is 4.56. The van der Waals surface area contributed by atoms with E-state index in [0.717, 1.165) is 25.2 Å². The number of nitrogens with zero attached hydrogens (tertiary/aromatic N) is 5. The Bertz CT molecular complexity index is 663. The van der Waals surface area contributed by atoms with Crippen molar-refractivity contribution in [1.29, 1.82) is 0 Å². The zero-order valence-electron chi connectivity index (χ0n) is 13.8. The quantitative estimate of drug-likeness (QED) is 0.933. The molecule has 0 radical (unpaired) electrons. The molecule has 0 amide bonds. The monoisotopic (exact) mass is 318 g/mol. The van der Waals surface area contributed by atoms with Gasteiger partial charge in [0.2, 0.25) is 0 Å². The van der Waals surface area contributed by atoms with Gasteiger partial charge in [0.05, 0.1) is 17.4 Å². The smallest absolute Gasteiger partial charge is 0.165 e. The first-order valence-electron chi connectivity index (χ1n) is 7.94. The van der Waals surface area contributed by atoms with E-state index in [1.807, 2.05) is 15.8 Å². The van der Waals surface area contributed by atoms with Gasteiger partial charge < -0.3 is 10.2 Å². The van der Waals surface area contributed by atoms with E-state index in [1.165, 1.54) is 6.07 Å². The maximum Gasteiger partial charge on any atom is 0.165 e. The molecule has 1 atom stereocenters. The predicted octanol–water partition coefficient (Wildman–Crippen LogP) is 1.94. The van der Waals surface area contributed by atoms with E-state index in [-0.39, 0.29) is 11.4 Å². The summed E-state index contributed by atoms with van der Waals surface area (Å²) < 4.78 is 15.7. The van der Waals surface area contributed by atoms with Gasteiger partial charge in [0.25, 0.3) is 0 Å². The Morgan fingerprint density at radius 2 is 2.22 bits per heavy atom. The molecule has 3 heterocycles. The number of nitrogens with one attached hydrogen (secondary N) is 1. The lowest BCUT2D eigenvalue weighted by atomic mass is 10.1. The van der Waals surface area contributed by atoms with Crippen LogP contribution in [0.3, 0.4) is 0 Å². The zero-order chi connectivity index (χ0) is 16.4. The van der Waals surface area contributed by atoms with E-state index >= 15 is 0 Å². The fraction of sp³-hybridized carbons (Fsp3) is 0.562. The molecule has 1 unspecified atom stereocenters. The van der Waals surface area contributed by atoms with Gasteiger partial charge in [0, 0.05) is 31.9 Å². The molecule has 23 heavy (non-hydrogen) atoms. The van der Waals surface area contributed by atoms with Crippen LogP contribution in [0, 0.1) is 5.82 Å². The van der Waals surface area contributed by atoms with Gasteiger partial charge in [0.15, 0.2) is 11.6 Å². The van der Waals surface area contributed by atoms with Crippen LogP contribution >= 0.6 is 0 Å². The summed E-state index contributed by atoms with van der Waals surface area (Å²) in [5.41, 5.74) is 0.855. The second-order valence-corrected chi connectivity index (χ2v) is 6.95. The minimum Gasteiger partial charge on any atom is -0.353 e. The maximum absolute atomic E-state index is 13.8. The Morgan fingerprint density at radius 1 is 1.39 bits per heavy atom. The van der Waals surface area contributed by atoms with Crippen molar-refractivity contribution in [1.82, 2.24) is 25.3 Å². The van der Waals surface area contributed by atoms with Crippen molar-refractivity contribution in [3.05, 3.63) is 36.0 Å². The van der Waals surface area contributed by atoms with E-state index in [2.05, 4.69) is 41.4 Å². The first-order valence-corrected chi connectivity index (χ1v) is 7.94. The van der Waals surface area contributed by atoms with Gasteiger partial charge in [-0.05, 0) is 39.3 Å². The normalized spacial score (nSPS) is 18.6. The summed E-state index contributed by atoms with van der Waals surface area (Å²) in [5.74, 6) is 0.178. The van der Waals surface area contributed by atoms with Gasteiger partial charge >= 0.3 is 0 Å². The Hall–Kier alpha value is -2.02. The van der Waals surface area contributed by atoms with Crippen molar-refractivity contribution in [3.63, 3.8) is 0 Å². The second kappa shape index (κ2) is 6.23.